The smallest absolute Gasteiger partial charge is 0.191 e. The van der Waals surface area contributed by atoms with Gasteiger partial charge in [0.25, 0.3) is 0 Å². The zero-order valence-corrected chi connectivity index (χ0v) is 19.9. The van der Waals surface area contributed by atoms with Crippen LogP contribution in [0.5, 0.6) is 0 Å². The van der Waals surface area contributed by atoms with E-state index in [0.29, 0.717) is 12.1 Å². The van der Waals surface area contributed by atoms with Crippen LogP contribution in [-0.4, -0.2) is 55.7 Å². The van der Waals surface area contributed by atoms with E-state index in [1.807, 2.05) is 7.05 Å². The molecule has 154 valence electrons. The zero-order chi connectivity index (χ0) is 19.0. The maximum atomic E-state index is 4.37. The largest absolute Gasteiger partial charge is 0.355 e. The highest BCUT2D eigenvalue weighted by Gasteiger charge is 2.23. The number of nitrogens with one attached hydrogen (secondary N) is 3. The van der Waals surface area contributed by atoms with Gasteiger partial charge in [0.05, 0.1) is 0 Å². The number of piperidine rings is 1. The first-order chi connectivity index (χ1) is 12.4. The minimum absolute atomic E-state index is 0. The monoisotopic (exact) mass is 487 g/mol. The van der Waals surface area contributed by atoms with Gasteiger partial charge < -0.3 is 16.0 Å². The topological polar surface area (TPSA) is 51.7 Å². The van der Waals surface area contributed by atoms with E-state index in [4.69, 9.17) is 0 Å². The van der Waals surface area contributed by atoms with Gasteiger partial charge in [0.15, 0.2) is 5.96 Å². The van der Waals surface area contributed by atoms with Crippen LogP contribution < -0.4 is 16.0 Å². The Kier molecular flexibility index (Phi) is 10.6. The Hall–Kier alpha value is -0.860. The van der Waals surface area contributed by atoms with Gasteiger partial charge in [-0.25, -0.2) is 0 Å². The summed E-state index contributed by atoms with van der Waals surface area (Å²) in [4.78, 5) is 6.95. The quantitative estimate of drug-likeness (QED) is 0.249. The van der Waals surface area contributed by atoms with Crippen LogP contribution in [0, 0.1) is 0 Å². The summed E-state index contributed by atoms with van der Waals surface area (Å²) in [6, 6.07) is 11.8. The van der Waals surface area contributed by atoms with Crippen LogP contribution in [-0.2, 0) is 0 Å². The number of guanidine groups is 1. The molecule has 6 heteroatoms. The zero-order valence-electron chi connectivity index (χ0n) is 17.6. The van der Waals surface area contributed by atoms with E-state index in [0.717, 1.165) is 45.0 Å². The molecule has 0 radical (unpaired) electrons. The number of halogens is 1. The third-order valence-corrected chi connectivity index (χ3v) is 5.00. The lowest BCUT2D eigenvalue weighted by molar-refractivity contribution is 0.158. The van der Waals surface area contributed by atoms with Gasteiger partial charge in [-0.2, -0.15) is 0 Å². The molecule has 0 spiro atoms. The highest BCUT2D eigenvalue weighted by Crippen LogP contribution is 2.23. The molecule has 0 aliphatic carbocycles. The molecule has 1 aliphatic rings. The summed E-state index contributed by atoms with van der Waals surface area (Å²) in [7, 11) is 1.85. The molecule has 27 heavy (non-hydrogen) atoms. The van der Waals surface area contributed by atoms with E-state index in [2.05, 4.69) is 83.9 Å². The number of rotatable bonds is 6. The first-order valence-electron chi connectivity index (χ1n) is 9.90. The van der Waals surface area contributed by atoms with Crippen molar-refractivity contribution in [3.8, 4) is 0 Å². The minimum atomic E-state index is 0. The predicted molar refractivity (Wildman–Crippen MR) is 127 cm³/mol. The molecule has 1 heterocycles. The first-order valence-corrected chi connectivity index (χ1v) is 9.90. The van der Waals surface area contributed by atoms with E-state index in [9.17, 15) is 0 Å². The molecule has 3 N–H and O–H groups in total. The maximum Gasteiger partial charge on any atom is 0.191 e. The van der Waals surface area contributed by atoms with Crippen molar-refractivity contribution in [3.63, 3.8) is 0 Å². The fraction of sp³-hybridized carbons (Fsp3) is 0.667. The van der Waals surface area contributed by atoms with Crippen LogP contribution in [0.4, 0.5) is 0 Å². The fourth-order valence-corrected chi connectivity index (χ4v) is 3.38. The van der Waals surface area contributed by atoms with E-state index < -0.39 is 0 Å². The Morgan fingerprint density at radius 2 is 1.78 bits per heavy atom. The third-order valence-electron chi connectivity index (χ3n) is 5.00. The van der Waals surface area contributed by atoms with Crippen molar-refractivity contribution in [1.82, 2.24) is 20.9 Å². The van der Waals surface area contributed by atoms with Gasteiger partial charge >= 0.3 is 0 Å². The normalized spacial score (nSPS) is 17.9. The standard InChI is InChI=1S/C21H37N5.HI/c1-17(18-9-7-6-8-10-18)26-15-11-19(12-16-26)25-20(22-5)23-13-14-24-21(2,3)4;/h6-10,17,19,24H,11-16H2,1-5H3,(H2,22,23,25);1H. The van der Waals surface area contributed by atoms with Crippen LogP contribution >= 0.6 is 24.0 Å². The van der Waals surface area contributed by atoms with Crippen molar-refractivity contribution in [3.05, 3.63) is 35.9 Å². The van der Waals surface area contributed by atoms with Crippen molar-refractivity contribution < 1.29 is 0 Å². The predicted octanol–water partition coefficient (Wildman–Crippen LogP) is 3.38. The summed E-state index contributed by atoms with van der Waals surface area (Å²) < 4.78 is 0. The molecule has 1 atom stereocenters. The van der Waals surface area contributed by atoms with Crippen LogP contribution in [0.3, 0.4) is 0 Å². The molecule has 1 aromatic rings. The van der Waals surface area contributed by atoms with Crippen LogP contribution in [0.25, 0.3) is 0 Å². The molecular formula is C21H38IN5. The minimum Gasteiger partial charge on any atom is -0.355 e. The number of hydrogen-bond acceptors (Lipinski definition) is 3. The van der Waals surface area contributed by atoms with Crippen LogP contribution in [0.1, 0.15) is 52.1 Å². The molecule has 1 unspecified atom stereocenters. The molecule has 0 amide bonds. The lowest BCUT2D eigenvalue weighted by Crippen LogP contribution is -2.50. The number of aliphatic imine (C=N–C) groups is 1. The summed E-state index contributed by atoms with van der Waals surface area (Å²) in [5, 5.41) is 10.5. The van der Waals surface area contributed by atoms with Gasteiger partial charge in [-0.05, 0) is 46.1 Å². The van der Waals surface area contributed by atoms with E-state index in [1.165, 1.54) is 5.56 Å². The average Bonchev–Trinajstić information content (AvgIpc) is 2.64. The van der Waals surface area contributed by atoms with E-state index in [1.54, 1.807) is 0 Å². The molecule has 1 fully saturated rings. The van der Waals surface area contributed by atoms with Gasteiger partial charge in [0, 0.05) is 50.8 Å². The summed E-state index contributed by atoms with van der Waals surface area (Å²) in [5.74, 6) is 0.912. The van der Waals surface area contributed by atoms with Gasteiger partial charge in [0.2, 0.25) is 0 Å². The summed E-state index contributed by atoms with van der Waals surface area (Å²) in [6.45, 7) is 12.9. The number of nitrogens with zero attached hydrogens (tertiary/aromatic N) is 2. The highest BCUT2D eigenvalue weighted by molar-refractivity contribution is 14.0. The van der Waals surface area contributed by atoms with Crippen molar-refractivity contribution >= 4 is 29.9 Å². The summed E-state index contributed by atoms with van der Waals surface area (Å²) in [6.07, 6.45) is 2.30. The molecule has 0 saturated carbocycles. The SMILES string of the molecule is CN=C(NCCNC(C)(C)C)NC1CCN(C(C)c2ccccc2)CC1.I. The highest BCUT2D eigenvalue weighted by atomic mass is 127. The molecule has 0 bridgehead atoms. The molecule has 1 aliphatic heterocycles. The van der Waals surface area contributed by atoms with E-state index in [-0.39, 0.29) is 29.5 Å². The van der Waals surface area contributed by atoms with Gasteiger partial charge in [-0.15, -0.1) is 24.0 Å². The lowest BCUT2D eigenvalue weighted by Gasteiger charge is -2.37. The molecule has 0 aromatic heterocycles. The number of likely N-dealkylation sites (tertiary alicyclic amines) is 1. The molecular weight excluding hydrogens is 449 g/mol. The van der Waals surface area contributed by atoms with Crippen molar-refractivity contribution in [2.24, 2.45) is 4.99 Å². The second-order valence-electron chi connectivity index (χ2n) is 8.22. The Morgan fingerprint density at radius 1 is 1.15 bits per heavy atom. The van der Waals surface area contributed by atoms with E-state index >= 15 is 0 Å². The lowest BCUT2D eigenvalue weighted by atomic mass is 10.0. The average molecular weight is 487 g/mol. The van der Waals surface area contributed by atoms with Gasteiger partial charge in [-0.3, -0.25) is 9.89 Å². The molecule has 5 nitrogen and oxygen atoms in total. The maximum absolute atomic E-state index is 4.37. The second kappa shape index (κ2) is 11.9. The van der Waals surface area contributed by atoms with Crippen LogP contribution in [0.15, 0.2) is 35.3 Å². The summed E-state index contributed by atoms with van der Waals surface area (Å²) >= 11 is 0. The second-order valence-corrected chi connectivity index (χ2v) is 8.22. The number of hydrogen-bond donors (Lipinski definition) is 3. The van der Waals surface area contributed by atoms with Crippen molar-refractivity contribution in [2.45, 2.75) is 58.2 Å². The summed E-state index contributed by atoms with van der Waals surface area (Å²) in [5.41, 5.74) is 1.56. The van der Waals surface area contributed by atoms with Crippen LogP contribution in [0.2, 0.25) is 0 Å². The number of benzene rings is 1. The fourth-order valence-electron chi connectivity index (χ4n) is 3.38. The Bertz CT molecular complexity index is 547. The molecule has 1 saturated heterocycles. The van der Waals surface area contributed by atoms with Crippen molar-refractivity contribution in [2.75, 3.05) is 33.2 Å². The third kappa shape index (κ3) is 8.79. The Morgan fingerprint density at radius 3 is 2.33 bits per heavy atom. The van der Waals surface area contributed by atoms with Gasteiger partial charge in [0.1, 0.15) is 0 Å². The first kappa shape index (κ1) is 24.2. The molecule has 1 aromatic carbocycles. The van der Waals surface area contributed by atoms with Crippen molar-refractivity contribution in [1.29, 1.82) is 0 Å². The Labute approximate surface area is 182 Å². The Balaban J connectivity index is 0.00000364. The van der Waals surface area contributed by atoms with Gasteiger partial charge in [-0.1, -0.05) is 30.3 Å². The molecule has 2 rings (SSSR count).